The van der Waals surface area contributed by atoms with Crippen molar-refractivity contribution in [2.45, 2.75) is 4.90 Å². The van der Waals surface area contributed by atoms with Gasteiger partial charge in [0.1, 0.15) is 22.2 Å². The highest BCUT2D eigenvalue weighted by Crippen LogP contribution is 2.25. The Morgan fingerprint density at radius 3 is 2.19 bits per heavy atom. The Morgan fingerprint density at radius 1 is 0.926 bits per heavy atom. The number of benzene rings is 3. The van der Waals surface area contributed by atoms with Gasteiger partial charge in [-0.15, -0.1) is 0 Å². The standard InChI is InChI=1S/C19H14FNO5S/c20-17-11-6-13(19(22)23)12-18(17)27(24,25)21-14-7-9-16(10-8-14)26-15-4-2-1-3-5-15/h1-12,21H,(H,22,23). The minimum absolute atomic E-state index is 0.176. The summed E-state index contributed by atoms with van der Waals surface area (Å²) < 4.78 is 46.5. The van der Waals surface area contributed by atoms with Gasteiger partial charge in [0.2, 0.25) is 0 Å². The Labute approximate surface area is 154 Å². The van der Waals surface area contributed by atoms with Crippen LogP contribution in [-0.2, 0) is 10.0 Å². The van der Waals surface area contributed by atoms with E-state index in [2.05, 4.69) is 4.72 Å². The number of hydrogen-bond donors (Lipinski definition) is 2. The maximum Gasteiger partial charge on any atom is 0.335 e. The molecule has 8 heteroatoms. The molecule has 0 amide bonds. The van der Waals surface area contributed by atoms with E-state index in [0.717, 1.165) is 18.2 Å². The van der Waals surface area contributed by atoms with E-state index < -0.39 is 26.7 Å². The Kier molecular flexibility index (Phi) is 5.09. The first-order valence-corrected chi connectivity index (χ1v) is 9.22. The second-order valence-corrected chi connectivity index (χ2v) is 7.15. The van der Waals surface area contributed by atoms with Crippen LogP contribution < -0.4 is 9.46 Å². The SMILES string of the molecule is O=C(O)c1ccc(F)c(S(=O)(=O)Nc2ccc(Oc3ccccc3)cc2)c1. The van der Waals surface area contributed by atoms with Crippen LogP contribution in [0.4, 0.5) is 10.1 Å². The predicted molar refractivity (Wildman–Crippen MR) is 97.1 cm³/mol. The predicted octanol–water partition coefficient (Wildman–Crippen LogP) is 4.12. The lowest BCUT2D eigenvalue weighted by atomic mass is 10.2. The van der Waals surface area contributed by atoms with Gasteiger partial charge in [-0.1, -0.05) is 18.2 Å². The monoisotopic (exact) mass is 387 g/mol. The van der Waals surface area contributed by atoms with Crippen LogP contribution in [0.15, 0.2) is 77.7 Å². The van der Waals surface area contributed by atoms with Gasteiger partial charge >= 0.3 is 5.97 Å². The van der Waals surface area contributed by atoms with Crippen molar-refractivity contribution in [3.8, 4) is 11.5 Å². The first kappa shape index (κ1) is 18.4. The first-order chi connectivity index (χ1) is 12.8. The van der Waals surface area contributed by atoms with Gasteiger partial charge in [0.15, 0.2) is 0 Å². The molecular weight excluding hydrogens is 373 g/mol. The van der Waals surface area contributed by atoms with Gasteiger partial charge in [0, 0.05) is 5.69 Å². The topological polar surface area (TPSA) is 92.7 Å². The number of carboxylic acid groups (broad SMARTS) is 1. The van der Waals surface area contributed by atoms with Crippen molar-refractivity contribution < 1.29 is 27.4 Å². The Morgan fingerprint density at radius 2 is 1.56 bits per heavy atom. The first-order valence-electron chi connectivity index (χ1n) is 7.74. The fourth-order valence-electron chi connectivity index (χ4n) is 2.27. The van der Waals surface area contributed by atoms with Crippen LogP contribution in [0, 0.1) is 5.82 Å². The summed E-state index contributed by atoms with van der Waals surface area (Å²) in [6.45, 7) is 0. The highest BCUT2D eigenvalue weighted by molar-refractivity contribution is 7.92. The van der Waals surface area contributed by atoms with Gasteiger partial charge in [-0.2, -0.15) is 0 Å². The van der Waals surface area contributed by atoms with Crippen molar-refractivity contribution in [2.75, 3.05) is 4.72 Å². The summed E-state index contributed by atoms with van der Waals surface area (Å²) in [4.78, 5) is 10.2. The second kappa shape index (κ2) is 7.46. The van der Waals surface area contributed by atoms with E-state index in [1.54, 1.807) is 24.3 Å². The molecule has 6 nitrogen and oxygen atoms in total. The molecule has 0 aliphatic heterocycles. The van der Waals surface area contributed by atoms with Crippen molar-refractivity contribution in [1.82, 2.24) is 0 Å². The molecule has 0 saturated heterocycles. The number of halogens is 1. The third-order valence-electron chi connectivity index (χ3n) is 3.55. The maximum absolute atomic E-state index is 13.9. The van der Waals surface area contributed by atoms with Crippen LogP contribution in [-0.4, -0.2) is 19.5 Å². The summed E-state index contributed by atoms with van der Waals surface area (Å²) in [5, 5.41) is 8.96. The molecule has 0 unspecified atom stereocenters. The lowest BCUT2D eigenvalue weighted by Gasteiger charge is -2.11. The van der Waals surface area contributed by atoms with E-state index in [-0.39, 0.29) is 11.3 Å². The largest absolute Gasteiger partial charge is 0.478 e. The van der Waals surface area contributed by atoms with Gasteiger partial charge in [0.25, 0.3) is 10.0 Å². The van der Waals surface area contributed by atoms with Gasteiger partial charge < -0.3 is 9.84 Å². The van der Waals surface area contributed by atoms with E-state index in [1.165, 1.54) is 12.1 Å². The average molecular weight is 387 g/mol. The zero-order chi connectivity index (χ0) is 19.4. The molecule has 138 valence electrons. The fraction of sp³-hybridized carbons (Fsp3) is 0. The smallest absolute Gasteiger partial charge is 0.335 e. The zero-order valence-corrected chi connectivity index (χ0v) is 14.6. The molecule has 3 rings (SSSR count). The van der Waals surface area contributed by atoms with Crippen LogP contribution in [0.2, 0.25) is 0 Å². The fourth-order valence-corrected chi connectivity index (χ4v) is 3.43. The lowest BCUT2D eigenvalue weighted by Crippen LogP contribution is -2.15. The van der Waals surface area contributed by atoms with Crippen molar-refractivity contribution in [2.24, 2.45) is 0 Å². The Balaban J connectivity index is 1.80. The molecule has 27 heavy (non-hydrogen) atoms. The highest BCUT2D eigenvalue weighted by atomic mass is 32.2. The number of carbonyl (C=O) groups is 1. The summed E-state index contributed by atoms with van der Waals surface area (Å²) in [6.07, 6.45) is 0. The molecule has 0 heterocycles. The Hall–Kier alpha value is -3.39. The molecule has 0 aliphatic rings. The van der Waals surface area contributed by atoms with Crippen molar-refractivity contribution in [3.05, 3.63) is 84.2 Å². The minimum atomic E-state index is -4.30. The number of aromatic carboxylic acids is 1. The van der Waals surface area contributed by atoms with Crippen molar-refractivity contribution >= 4 is 21.7 Å². The molecule has 0 atom stereocenters. The molecule has 2 N–H and O–H groups in total. The Bertz CT molecular complexity index is 1070. The maximum atomic E-state index is 13.9. The summed E-state index contributed by atoms with van der Waals surface area (Å²) in [5.74, 6) is -1.29. The summed E-state index contributed by atoms with van der Waals surface area (Å²) in [6, 6.07) is 17.6. The molecule has 0 aromatic heterocycles. The molecule has 0 fully saturated rings. The van der Waals surface area contributed by atoms with E-state index in [1.807, 2.05) is 18.2 Å². The third kappa shape index (κ3) is 4.42. The molecule has 0 aliphatic carbocycles. The van der Waals surface area contributed by atoms with E-state index >= 15 is 0 Å². The van der Waals surface area contributed by atoms with E-state index in [0.29, 0.717) is 11.5 Å². The van der Waals surface area contributed by atoms with Gasteiger partial charge in [-0.3, -0.25) is 4.72 Å². The average Bonchev–Trinajstić information content (AvgIpc) is 2.64. The molecule has 3 aromatic rings. The van der Waals surface area contributed by atoms with Crippen LogP contribution in [0.1, 0.15) is 10.4 Å². The number of nitrogens with one attached hydrogen (secondary N) is 1. The second-order valence-electron chi connectivity index (χ2n) is 5.50. The van der Waals surface area contributed by atoms with Crippen LogP contribution in [0.5, 0.6) is 11.5 Å². The lowest BCUT2D eigenvalue weighted by molar-refractivity contribution is 0.0696. The number of rotatable bonds is 6. The zero-order valence-electron chi connectivity index (χ0n) is 13.8. The number of anilines is 1. The number of para-hydroxylation sites is 1. The molecule has 0 saturated carbocycles. The molecular formula is C19H14FNO5S. The number of ether oxygens (including phenoxy) is 1. The van der Waals surface area contributed by atoms with E-state index in [9.17, 15) is 17.6 Å². The summed E-state index contributed by atoms with van der Waals surface area (Å²) >= 11 is 0. The summed E-state index contributed by atoms with van der Waals surface area (Å²) in [7, 11) is -4.30. The molecule has 0 bridgehead atoms. The molecule has 3 aromatic carbocycles. The normalized spacial score (nSPS) is 11.0. The van der Waals surface area contributed by atoms with Crippen molar-refractivity contribution in [1.29, 1.82) is 0 Å². The van der Waals surface area contributed by atoms with Gasteiger partial charge in [0.05, 0.1) is 5.56 Å². The van der Waals surface area contributed by atoms with Gasteiger partial charge in [-0.05, 0) is 54.6 Å². The van der Waals surface area contributed by atoms with Crippen molar-refractivity contribution in [3.63, 3.8) is 0 Å². The molecule has 0 radical (unpaired) electrons. The number of sulfonamides is 1. The highest BCUT2D eigenvalue weighted by Gasteiger charge is 2.21. The van der Waals surface area contributed by atoms with Crippen LogP contribution >= 0.6 is 0 Å². The van der Waals surface area contributed by atoms with E-state index in [4.69, 9.17) is 9.84 Å². The summed E-state index contributed by atoms with van der Waals surface area (Å²) in [5.41, 5.74) is -0.154. The van der Waals surface area contributed by atoms with Gasteiger partial charge in [-0.25, -0.2) is 17.6 Å². The number of carboxylic acids is 1. The number of hydrogen-bond acceptors (Lipinski definition) is 4. The quantitative estimate of drug-likeness (QED) is 0.664. The molecule has 0 spiro atoms. The third-order valence-corrected chi connectivity index (χ3v) is 4.95. The van der Waals surface area contributed by atoms with Crippen LogP contribution in [0.3, 0.4) is 0 Å². The van der Waals surface area contributed by atoms with Crippen LogP contribution in [0.25, 0.3) is 0 Å². The minimum Gasteiger partial charge on any atom is -0.478 e.